The molecule has 0 aliphatic carbocycles. The first-order valence-electron chi connectivity index (χ1n) is 9.65. The Morgan fingerprint density at radius 3 is 3.09 bits per heavy atom. The smallest absolute Gasteiger partial charge is 0.406 e. The number of fused-ring (bicyclic) bond motifs is 2. The first kappa shape index (κ1) is 18.4. The van der Waals surface area contributed by atoms with Gasteiger partial charge < -0.3 is 9.73 Å². The molecule has 2 N–H and O–H groups in total. The number of oxazole rings is 1. The van der Waals surface area contributed by atoms with Crippen molar-refractivity contribution in [2.75, 3.05) is 5.32 Å². The number of aryl methyl sites for hydroxylation is 1. The van der Waals surface area contributed by atoms with E-state index >= 15 is 0 Å². The molecule has 6 heterocycles. The zero-order valence-electron chi connectivity index (χ0n) is 16.7. The molecule has 0 atom stereocenters. The molecule has 0 spiro atoms. The molecule has 0 fully saturated rings. The van der Waals surface area contributed by atoms with Crippen LogP contribution in [0.15, 0.2) is 58.5 Å². The minimum absolute atomic E-state index is 0.290. The summed E-state index contributed by atoms with van der Waals surface area (Å²) in [6, 6.07) is 3.63. The number of hydrogen-bond acceptors (Lipinski definition) is 9. The lowest BCUT2D eigenvalue weighted by molar-refractivity contribution is 0.516. The molecule has 0 aliphatic rings. The Kier molecular flexibility index (Phi) is 4.11. The second-order valence-corrected chi connectivity index (χ2v) is 7.96. The maximum atomic E-state index is 12.2. The van der Waals surface area contributed by atoms with Gasteiger partial charge in [0.2, 0.25) is 0 Å². The van der Waals surface area contributed by atoms with Crippen LogP contribution in [0.1, 0.15) is 11.4 Å². The van der Waals surface area contributed by atoms with E-state index in [9.17, 15) is 4.79 Å². The van der Waals surface area contributed by atoms with Crippen LogP contribution in [0.2, 0.25) is 0 Å². The third kappa shape index (κ3) is 3.04. The lowest BCUT2D eigenvalue weighted by Gasteiger charge is -2.07. The average molecular weight is 445 g/mol. The maximum Gasteiger partial charge on any atom is 0.420 e. The van der Waals surface area contributed by atoms with Crippen LogP contribution in [0.5, 0.6) is 0 Å². The number of nitrogens with one attached hydrogen (secondary N) is 2. The number of imidazole rings is 1. The molecule has 0 radical (unpaired) electrons. The molecule has 158 valence electrons. The number of nitrogens with zero attached hydrogens (tertiary/aromatic N) is 7. The van der Waals surface area contributed by atoms with Crippen LogP contribution in [0.25, 0.3) is 28.0 Å². The number of aromatic amines is 1. The third-order valence-electron chi connectivity index (χ3n) is 5.00. The number of anilines is 2. The van der Waals surface area contributed by atoms with Gasteiger partial charge in [-0.2, -0.15) is 9.47 Å². The molecular formula is C20H15N9O2S. The van der Waals surface area contributed by atoms with Gasteiger partial charge in [-0.15, -0.1) is 0 Å². The van der Waals surface area contributed by atoms with Crippen LogP contribution in [0.3, 0.4) is 0 Å². The normalized spacial score (nSPS) is 11.5. The van der Waals surface area contributed by atoms with Crippen molar-refractivity contribution in [1.82, 2.24) is 38.5 Å². The molecule has 0 unspecified atom stereocenters. The van der Waals surface area contributed by atoms with Gasteiger partial charge in [0.15, 0.2) is 17.0 Å². The zero-order chi connectivity index (χ0) is 21.7. The van der Waals surface area contributed by atoms with Crippen LogP contribution in [-0.2, 0) is 6.54 Å². The SMILES string of the molecule is Cc1cn2c(-c3cn[nH]c3)cnc2c(Nc2cc(Cn3c(=O)oc4cnccc43)ns2)n1. The molecule has 6 rings (SSSR count). The summed E-state index contributed by atoms with van der Waals surface area (Å²) in [6.07, 6.45) is 10.4. The Bertz CT molecular complexity index is 1620. The first-order chi connectivity index (χ1) is 15.7. The molecule has 0 aliphatic heterocycles. The Morgan fingerprint density at radius 1 is 1.28 bits per heavy atom. The highest BCUT2D eigenvalue weighted by Crippen LogP contribution is 2.27. The van der Waals surface area contributed by atoms with Gasteiger partial charge >= 0.3 is 5.76 Å². The highest BCUT2D eigenvalue weighted by molar-refractivity contribution is 7.10. The molecule has 6 aromatic rings. The van der Waals surface area contributed by atoms with Gasteiger partial charge in [0.1, 0.15) is 5.00 Å². The molecule has 0 aromatic carbocycles. The van der Waals surface area contributed by atoms with E-state index in [4.69, 9.17) is 4.42 Å². The van der Waals surface area contributed by atoms with Crippen LogP contribution < -0.4 is 11.1 Å². The molecule has 32 heavy (non-hydrogen) atoms. The summed E-state index contributed by atoms with van der Waals surface area (Å²) in [6.45, 7) is 2.21. The van der Waals surface area contributed by atoms with E-state index in [1.165, 1.54) is 22.3 Å². The van der Waals surface area contributed by atoms with E-state index in [0.29, 0.717) is 29.1 Å². The minimum atomic E-state index is -0.443. The summed E-state index contributed by atoms with van der Waals surface area (Å²) in [5.41, 5.74) is 5.22. The van der Waals surface area contributed by atoms with E-state index in [1.54, 1.807) is 24.7 Å². The summed E-state index contributed by atoms with van der Waals surface area (Å²) in [5.74, 6) is 0.175. The molecule has 0 saturated heterocycles. The molecule has 6 aromatic heterocycles. The average Bonchev–Trinajstić information content (AvgIpc) is 3.56. The van der Waals surface area contributed by atoms with Crippen LogP contribution in [0, 0.1) is 6.92 Å². The predicted octanol–water partition coefficient (Wildman–Crippen LogP) is 2.98. The Hall–Kier alpha value is -4.32. The Labute approximate surface area is 183 Å². The van der Waals surface area contributed by atoms with Gasteiger partial charge in [0.25, 0.3) is 0 Å². The minimum Gasteiger partial charge on any atom is -0.406 e. The Balaban J connectivity index is 1.32. The fraction of sp³-hybridized carbons (Fsp3) is 0.100. The van der Waals surface area contributed by atoms with E-state index in [2.05, 4.69) is 34.8 Å². The van der Waals surface area contributed by atoms with Crippen LogP contribution in [0.4, 0.5) is 10.8 Å². The summed E-state index contributed by atoms with van der Waals surface area (Å²) in [4.78, 5) is 25.4. The van der Waals surface area contributed by atoms with Crippen molar-refractivity contribution in [1.29, 1.82) is 0 Å². The fourth-order valence-electron chi connectivity index (χ4n) is 3.59. The van der Waals surface area contributed by atoms with E-state index in [0.717, 1.165) is 27.6 Å². The summed E-state index contributed by atoms with van der Waals surface area (Å²) in [5, 5.41) is 10.9. The molecule has 0 saturated carbocycles. The largest absolute Gasteiger partial charge is 0.420 e. The molecule has 0 amide bonds. The third-order valence-corrected chi connectivity index (χ3v) is 5.74. The van der Waals surface area contributed by atoms with Crippen LogP contribution in [-0.4, -0.2) is 38.5 Å². The van der Waals surface area contributed by atoms with Crippen molar-refractivity contribution in [2.45, 2.75) is 13.5 Å². The van der Waals surface area contributed by atoms with Gasteiger partial charge in [-0.3, -0.25) is 19.1 Å². The van der Waals surface area contributed by atoms with Gasteiger partial charge in [-0.05, 0) is 30.6 Å². The second kappa shape index (κ2) is 7.13. The van der Waals surface area contributed by atoms with E-state index < -0.39 is 5.76 Å². The van der Waals surface area contributed by atoms with Crippen molar-refractivity contribution in [2.24, 2.45) is 0 Å². The first-order valence-corrected chi connectivity index (χ1v) is 10.4. The number of aromatic nitrogens is 8. The highest BCUT2D eigenvalue weighted by Gasteiger charge is 2.15. The predicted molar refractivity (Wildman–Crippen MR) is 118 cm³/mol. The van der Waals surface area contributed by atoms with Crippen molar-refractivity contribution >= 4 is 39.1 Å². The Morgan fingerprint density at radius 2 is 2.22 bits per heavy atom. The zero-order valence-corrected chi connectivity index (χ0v) is 17.5. The monoisotopic (exact) mass is 445 g/mol. The van der Waals surface area contributed by atoms with Crippen molar-refractivity contribution in [3.8, 4) is 11.3 Å². The van der Waals surface area contributed by atoms with E-state index in [1.807, 2.05) is 29.8 Å². The standard InChI is InChI=1S/C20H15N9O2S/c1-11-9-28-15(12-5-23-24-6-12)7-22-19(28)18(25-11)26-17-4-13(27-32-17)10-29-14-2-3-21-8-16(14)31-20(29)30/h2-9H,10H2,1H3,(H,23,24)(H,25,26). The van der Waals surface area contributed by atoms with Gasteiger partial charge in [0.05, 0.1) is 47.7 Å². The molecule has 11 nitrogen and oxygen atoms in total. The molecule has 0 bridgehead atoms. The maximum absolute atomic E-state index is 12.2. The summed E-state index contributed by atoms with van der Waals surface area (Å²) in [7, 11) is 0. The van der Waals surface area contributed by atoms with Crippen LogP contribution >= 0.6 is 11.5 Å². The van der Waals surface area contributed by atoms with Crippen molar-refractivity contribution in [3.63, 3.8) is 0 Å². The molecule has 12 heteroatoms. The number of hydrogen-bond donors (Lipinski definition) is 2. The van der Waals surface area contributed by atoms with Gasteiger partial charge in [-0.1, -0.05) is 0 Å². The highest BCUT2D eigenvalue weighted by atomic mass is 32.1. The van der Waals surface area contributed by atoms with Gasteiger partial charge in [0, 0.05) is 24.2 Å². The quantitative estimate of drug-likeness (QED) is 0.414. The number of H-pyrrole nitrogens is 1. The topological polar surface area (TPSA) is 132 Å². The fourth-order valence-corrected chi connectivity index (χ4v) is 4.25. The lowest BCUT2D eigenvalue weighted by Crippen LogP contribution is -2.14. The summed E-state index contributed by atoms with van der Waals surface area (Å²) >= 11 is 1.28. The molecular weight excluding hydrogens is 430 g/mol. The van der Waals surface area contributed by atoms with Crippen molar-refractivity contribution < 1.29 is 4.42 Å². The van der Waals surface area contributed by atoms with E-state index in [-0.39, 0.29) is 0 Å². The summed E-state index contributed by atoms with van der Waals surface area (Å²) < 4.78 is 13.2. The second-order valence-electron chi connectivity index (χ2n) is 7.16. The lowest BCUT2D eigenvalue weighted by atomic mass is 10.3. The number of rotatable bonds is 5. The van der Waals surface area contributed by atoms with Crippen molar-refractivity contribution in [3.05, 3.63) is 71.3 Å². The van der Waals surface area contributed by atoms with Gasteiger partial charge in [-0.25, -0.2) is 14.8 Å². The number of pyridine rings is 1.